The highest BCUT2D eigenvalue weighted by Gasteiger charge is 2.02. The lowest BCUT2D eigenvalue weighted by molar-refractivity contribution is 0.281. The molecule has 62 valence electrons. The largest absolute Gasteiger partial charge is 0.392 e. The predicted octanol–water partition coefficient (Wildman–Crippen LogP) is 1.35. The van der Waals surface area contributed by atoms with Gasteiger partial charge in [-0.2, -0.15) is 5.10 Å². The Bertz CT molecular complexity index is 220. The Kier molecular flexibility index (Phi) is 2.65. The van der Waals surface area contributed by atoms with Crippen LogP contribution in [-0.4, -0.2) is 14.9 Å². The zero-order chi connectivity index (χ0) is 8.27. The number of aliphatic hydroxyl groups is 1. The molecular weight excluding hydrogens is 140 g/mol. The Balaban J connectivity index is 2.71. The number of hydrogen-bond acceptors (Lipinski definition) is 2. The number of hydrogen-bond donors (Lipinski definition) is 1. The Morgan fingerprint density at radius 1 is 1.73 bits per heavy atom. The lowest BCUT2D eigenvalue weighted by Crippen LogP contribution is -2.03. The van der Waals surface area contributed by atoms with Crippen LogP contribution in [0.1, 0.15) is 31.9 Å². The summed E-state index contributed by atoms with van der Waals surface area (Å²) in [5.41, 5.74) is 0.880. The maximum Gasteiger partial charge on any atom is 0.0712 e. The van der Waals surface area contributed by atoms with Crippen molar-refractivity contribution in [2.45, 2.75) is 32.9 Å². The number of aliphatic hydroxyl groups excluding tert-OH is 1. The van der Waals surface area contributed by atoms with Gasteiger partial charge in [0.05, 0.1) is 12.8 Å². The summed E-state index contributed by atoms with van der Waals surface area (Å²) < 4.78 is 1.88. The van der Waals surface area contributed by atoms with Crippen LogP contribution in [0.3, 0.4) is 0 Å². The van der Waals surface area contributed by atoms with Crippen LogP contribution in [0.25, 0.3) is 0 Å². The summed E-state index contributed by atoms with van der Waals surface area (Å²) in [6.07, 6.45) is 4.65. The third-order valence-corrected chi connectivity index (χ3v) is 1.88. The highest BCUT2D eigenvalue weighted by atomic mass is 16.3. The molecule has 1 unspecified atom stereocenters. The molecule has 1 aromatic heterocycles. The summed E-state index contributed by atoms with van der Waals surface area (Å²) >= 11 is 0. The molecule has 0 spiro atoms. The van der Waals surface area contributed by atoms with Crippen molar-refractivity contribution in [1.82, 2.24) is 9.78 Å². The summed E-state index contributed by atoms with van der Waals surface area (Å²) in [6.45, 7) is 4.30. The summed E-state index contributed by atoms with van der Waals surface area (Å²) in [4.78, 5) is 0. The summed E-state index contributed by atoms with van der Waals surface area (Å²) in [6, 6.07) is 0.426. The molecule has 3 nitrogen and oxygen atoms in total. The highest BCUT2D eigenvalue weighted by Crippen LogP contribution is 2.09. The molecule has 0 radical (unpaired) electrons. The quantitative estimate of drug-likeness (QED) is 0.713. The zero-order valence-corrected chi connectivity index (χ0v) is 6.99. The molecule has 0 aliphatic carbocycles. The van der Waals surface area contributed by atoms with E-state index in [-0.39, 0.29) is 6.61 Å². The monoisotopic (exact) mass is 154 g/mol. The number of nitrogens with zero attached hydrogens (tertiary/aromatic N) is 2. The second kappa shape index (κ2) is 3.53. The summed E-state index contributed by atoms with van der Waals surface area (Å²) in [5, 5.41) is 12.9. The van der Waals surface area contributed by atoms with E-state index >= 15 is 0 Å². The van der Waals surface area contributed by atoms with Crippen molar-refractivity contribution in [3.63, 3.8) is 0 Å². The van der Waals surface area contributed by atoms with Crippen LogP contribution in [0.4, 0.5) is 0 Å². The van der Waals surface area contributed by atoms with Crippen molar-refractivity contribution in [2.24, 2.45) is 0 Å². The molecule has 0 aromatic carbocycles. The first kappa shape index (κ1) is 8.27. The summed E-state index contributed by atoms with van der Waals surface area (Å²) in [5.74, 6) is 0. The molecule has 1 N–H and O–H groups in total. The van der Waals surface area contributed by atoms with Crippen molar-refractivity contribution >= 4 is 0 Å². The van der Waals surface area contributed by atoms with Gasteiger partial charge in [0.25, 0.3) is 0 Å². The molecule has 1 heterocycles. The van der Waals surface area contributed by atoms with E-state index in [9.17, 15) is 0 Å². The number of rotatable bonds is 3. The van der Waals surface area contributed by atoms with Gasteiger partial charge >= 0.3 is 0 Å². The molecule has 0 bridgehead atoms. The molecule has 1 aromatic rings. The van der Waals surface area contributed by atoms with E-state index in [1.54, 1.807) is 6.20 Å². The van der Waals surface area contributed by atoms with Crippen molar-refractivity contribution in [3.05, 3.63) is 18.0 Å². The fourth-order valence-electron chi connectivity index (χ4n) is 0.887. The maximum absolute atomic E-state index is 8.75. The van der Waals surface area contributed by atoms with Crippen molar-refractivity contribution in [3.8, 4) is 0 Å². The molecule has 0 aliphatic heterocycles. The van der Waals surface area contributed by atoms with Gasteiger partial charge in [-0.15, -0.1) is 0 Å². The van der Waals surface area contributed by atoms with Gasteiger partial charge in [0.1, 0.15) is 0 Å². The lowest BCUT2D eigenvalue weighted by Gasteiger charge is -2.07. The topological polar surface area (TPSA) is 38.0 Å². The van der Waals surface area contributed by atoms with Gasteiger partial charge in [0.15, 0.2) is 0 Å². The maximum atomic E-state index is 8.75. The fourth-order valence-corrected chi connectivity index (χ4v) is 0.887. The van der Waals surface area contributed by atoms with Gasteiger partial charge in [0.2, 0.25) is 0 Å². The van der Waals surface area contributed by atoms with Crippen LogP contribution in [0, 0.1) is 0 Å². The second-order valence-electron chi connectivity index (χ2n) is 2.74. The van der Waals surface area contributed by atoms with E-state index in [1.165, 1.54) is 0 Å². The van der Waals surface area contributed by atoms with Crippen LogP contribution in [-0.2, 0) is 6.61 Å². The van der Waals surface area contributed by atoms with E-state index in [0.29, 0.717) is 6.04 Å². The van der Waals surface area contributed by atoms with Crippen LogP contribution in [0.5, 0.6) is 0 Å². The van der Waals surface area contributed by atoms with Gasteiger partial charge in [0, 0.05) is 17.8 Å². The first-order valence-corrected chi connectivity index (χ1v) is 3.91. The molecule has 0 amide bonds. The van der Waals surface area contributed by atoms with Crippen LogP contribution >= 0.6 is 0 Å². The Morgan fingerprint density at radius 2 is 2.45 bits per heavy atom. The molecule has 1 atom stereocenters. The first-order chi connectivity index (χ1) is 5.27. The third-order valence-electron chi connectivity index (χ3n) is 1.88. The normalized spacial score (nSPS) is 13.4. The minimum absolute atomic E-state index is 0.0798. The first-order valence-electron chi connectivity index (χ1n) is 3.91. The van der Waals surface area contributed by atoms with E-state index in [0.717, 1.165) is 12.0 Å². The van der Waals surface area contributed by atoms with Crippen molar-refractivity contribution in [1.29, 1.82) is 0 Å². The fraction of sp³-hybridized carbons (Fsp3) is 0.625. The second-order valence-corrected chi connectivity index (χ2v) is 2.74. The molecule has 0 aliphatic rings. The van der Waals surface area contributed by atoms with Gasteiger partial charge in [-0.25, -0.2) is 0 Å². The molecule has 1 rings (SSSR count). The van der Waals surface area contributed by atoms with Crippen LogP contribution < -0.4 is 0 Å². The SMILES string of the molecule is CCC(C)n1cc(CO)cn1. The lowest BCUT2D eigenvalue weighted by atomic mass is 10.3. The number of aromatic nitrogens is 2. The van der Waals surface area contributed by atoms with Crippen LogP contribution in [0.2, 0.25) is 0 Å². The smallest absolute Gasteiger partial charge is 0.0712 e. The molecule has 3 heteroatoms. The van der Waals surface area contributed by atoms with Crippen LogP contribution in [0.15, 0.2) is 12.4 Å². The van der Waals surface area contributed by atoms with E-state index in [2.05, 4.69) is 18.9 Å². The average Bonchev–Trinajstić information content (AvgIpc) is 2.50. The Hall–Kier alpha value is -0.830. The third kappa shape index (κ3) is 1.80. The van der Waals surface area contributed by atoms with E-state index in [1.807, 2.05) is 10.9 Å². The van der Waals surface area contributed by atoms with Gasteiger partial charge < -0.3 is 5.11 Å². The minimum Gasteiger partial charge on any atom is -0.392 e. The van der Waals surface area contributed by atoms with Crippen molar-refractivity contribution in [2.75, 3.05) is 0 Å². The molecule has 0 saturated heterocycles. The Labute approximate surface area is 66.7 Å². The molecule has 0 fully saturated rings. The minimum atomic E-state index is 0.0798. The van der Waals surface area contributed by atoms with Gasteiger partial charge in [-0.3, -0.25) is 4.68 Å². The zero-order valence-electron chi connectivity index (χ0n) is 6.99. The van der Waals surface area contributed by atoms with Gasteiger partial charge in [-0.05, 0) is 13.3 Å². The van der Waals surface area contributed by atoms with E-state index in [4.69, 9.17) is 5.11 Å². The van der Waals surface area contributed by atoms with Crippen molar-refractivity contribution < 1.29 is 5.11 Å². The summed E-state index contributed by atoms with van der Waals surface area (Å²) in [7, 11) is 0. The molecular formula is C8H14N2O. The predicted molar refractivity (Wildman–Crippen MR) is 43.2 cm³/mol. The standard InChI is InChI=1S/C8H14N2O/c1-3-7(2)10-5-8(6-11)4-9-10/h4-5,7,11H,3,6H2,1-2H3. The molecule has 0 saturated carbocycles. The highest BCUT2D eigenvalue weighted by molar-refractivity contribution is 5.01. The average molecular weight is 154 g/mol. The Morgan fingerprint density at radius 3 is 2.91 bits per heavy atom. The molecule has 11 heavy (non-hydrogen) atoms. The van der Waals surface area contributed by atoms with Gasteiger partial charge in [-0.1, -0.05) is 6.92 Å². The van der Waals surface area contributed by atoms with E-state index < -0.39 is 0 Å².